The van der Waals surface area contributed by atoms with E-state index in [1.807, 2.05) is 6.92 Å². The van der Waals surface area contributed by atoms with Gasteiger partial charge < -0.3 is 0 Å². The number of hydrogen-bond acceptors (Lipinski definition) is 3. The highest BCUT2D eigenvalue weighted by atomic mass is 16.1. The minimum Gasteiger partial charge on any atom is -0.294 e. The Hall–Kier alpha value is -1.77. The van der Waals surface area contributed by atoms with Gasteiger partial charge in [-0.3, -0.25) is 14.4 Å². The fourth-order valence-electron chi connectivity index (χ4n) is 2.41. The summed E-state index contributed by atoms with van der Waals surface area (Å²) < 4.78 is 0. The second-order valence-corrected chi connectivity index (χ2v) is 5.64. The first-order valence-electron chi connectivity index (χ1n) is 5.93. The Morgan fingerprint density at radius 1 is 0.944 bits per heavy atom. The van der Waals surface area contributed by atoms with E-state index in [2.05, 4.69) is 0 Å². The number of ketones is 3. The van der Waals surface area contributed by atoms with Gasteiger partial charge in [0.2, 0.25) is 0 Å². The lowest BCUT2D eigenvalue weighted by Crippen LogP contribution is -2.39. The Morgan fingerprint density at radius 3 is 2.06 bits per heavy atom. The lowest BCUT2D eigenvalue weighted by molar-refractivity contribution is -0.125. The third-order valence-corrected chi connectivity index (χ3v) is 4.32. The molecular weight excluding hydrogens is 228 g/mol. The fourth-order valence-corrected chi connectivity index (χ4v) is 2.41. The maximum atomic E-state index is 12.1. The maximum Gasteiger partial charge on any atom is 0.183 e. The molecule has 2 aliphatic rings. The van der Waals surface area contributed by atoms with Gasteiger partial charge in [-0.05, 0) is 25.2 Å². The molecule has 3 heteroatoms. The van der Waals surface area contributed by atoms with Crippen LogP contribution in [-0.4, -0.2) is 17.3 Å². The van der Waals surface area contributed by atoms with Gasteiger partial charge in [-0.25, -0.2) is 0 Å². The predicted molar refractivity (Wildman–Crippen MR) is 67.9 cm³/mol. The largest absolute Gasteiger partial charge is 0.294 e. The normalized spacial score (nSPS) is 30.6. The van der Waals surface area contributed by atoms with Crippen LogP contribution in [0.5, 0.6) is 0 Å². The Bertz CT molecular complexity index is 558. The van der Waals surface area contributed by atoms with Crippen LogP contribution in [0, 0.1) is 10.8 Å². The molecule has 0 unspecified atom stereocenters. The van der Waals surface area contributed by atoms with Crippen molar-refractivity contribution >= 4 is 17.3 Å². The van der Waals surface area contributed by atoms with E-state index in [9.17, 15) is 14.4 Å². The summed E-state index contributed by atoms with van der Waals surface area (Å²) in [7, 11) is 0. The highest BCUT2D eigenvalue weighted by Crippen LogP contribution is 2.51. The number of hydrogen-bond donors (Lipinski definition) is 0. The number of allylic oxidation sites excluding steroid dienone is 6. The zero-order valence-electron chi connectivity index (χ0n) is 11.0. The van der Waals surface area contributed by atoms with Crippen molar-refractivity contribution in [3.63, 3.8) is 0 Å². The molecule has 0 fully saturated rings. The quantitative estimate of drug-likeness (QED) is 0.664. The van der Waals surface area contributed by atoms with E-state index in [0.29, 0.717) is 11.1 Å². The molecule has 0 heterocycles. The zero-order chi connectivity index (χ0) is 13.7. The van der Waals surface area contributed by atoms with Gasteiger partial charge in [0.05, 0.1) is 0 Å². The van der Waals surface area contributed by atoms with Crippen molar-refractivity contribution in [2.24, 2.45) is 10.8 Å². The smallest absolute Gasteiger partial charge is 0.183 e. The minimum absolute atomic E-state index is 0.0163. The van der Waals surface area contributed by atoms with Gasteiger partial charge in [-0.2, -0.15) is 0 Å². The molecule has 0 aliphatic heterocycles. The lowest BCUT2D eigenvalue weighted by atomic mass is 9.62. The molecule has 0 amide bonds. The van der Waals surface area contributed by atoms with E-state index >= 15 is 0 Å². The average molecular weight is 244 g/mol. The van der Waals surface area contributed by atoms with Crippen LogP contribution >= 0.6 is 0 Å². The highest BCUT2D eigenvalue weighted by molar-refractivity contribution is 6.21. The molecule has 2 aliphatic carbocycles. The summed E-state index contributed by atoms with van der Waals surface area (Å²) in [5, 5.41) is 0. The summed E-state index contributed by atoms with van der Waals surface area (Å²) in [5.74, 6) is -0.353. The van der Waals surface area contributed by atoms with E-state index < -0.39 is 10.8 Å². The summed E-state index contributed by atoms with van der Waals surface area (Å²) >= 11 is 0. The molecule has 0 saturated carbocycles. The lowest BCUT2D eigenvalue weighted by Gasteiger charge is -2.38. The maximum absolute atomic E-state index is 12.1. The van der Waals surface area contributed by atoms with Crippen molar-refractivity contribution in [2.45, 2.75) is 27.7 Å². The van der Waals surface area contributed by atoms with Crippen molar-refractivity contribution in [3.8, 4) is 0 Å². The Kier molecular flexibility index (Phi) is 2.54. The number of carbonyl (C=O) groups is 3. The molecule has 18 heavy (non-hydrogen) atoms. The van der Waals surface area contributed by atoms with Crippen molar-refractivity contribution < 1.29 is 14.4 Å². The van der Waals surface area contributed by atoms with E-state index in [1.54, 1.807) is 26.8 Å². The molecule has 1 atom stereocenters. The van der Waals surface area contributed by atoms with Gasteiger partial charge in [0, 0.05) is 22.0 Å². The first kappa shape index (κ1) is 12.7. The predicted octanol–water partition coefficient (Wildman–Crippen LogP) is 2.18. The Balaban J connectivity index is 2.54. The second-order valence-electron chi connectivity index (χ2n) is 5.64. The van der Waals surface area contributed by atoms with E-state index in [0.717, 1.165) is 0 Å². The topological polar surface area (TPSA) is 51.2 Å². The van der Waals surface area contributed by atoms with Gasteiger partial charge >= 0.3 is 0 Å². The van der Waals surface area contributed by atoms with E-state index in [-0.39, 0.29) is 17.3 Å². The summed E-state index contributed by atoms with van der Waals surface area (Å²) in [6, 6.07) is 0. The summed E-state index contributed by atoms with van der Waals surface area (Å²) in [5.41, 5.74) is -0.564. The van der Waals surface area contributed by atoms with Gasteiger partial charge in [0.1, 0.15) is 0 Å². The van der Waals surface area contributed by atoms with Crippen LogP contribution in [0.1, 0.15) is 27.7 Å². The Morgan fingerprint density at radius 2 is 1.56 bits per heavy atom. The summed E-state index contributed by atoms with van der Waals surface area (Å²) in [4.78, 5) is 35.7. The van der Waals surface area contributed by atoms with E-state index in [4.69, 9.17) is 0 Å². The Labute approximate surface area is 106 Å². The van der Waals surface area contributed by atoms with Crippen LogP contribution in [0.2, 0.25) is 0 Å². The second kappa shape index (κ2) is 3.61. The SMILES string of the molecule is CC1=CC(=O)C([C@@]2(C)C=CC(=O)C2(C)C)=CC1=O. The monoisotopic (exact) mass is 244 g/mol. The van der Waals surface area contributed by atoms with Crippen LogP contribution in [0.4, 0.5) is 0 Å². The summed E-state index contributed by atoms with van der Waals surface area (Å²) in [6.07, 6.45) is 5.97. The van der Waals surface area contributed by atoms with Gasteiger partial charge in [-0.1, -0.05) is 26.8 Å². The molecule has 0 saturated heterocycles. The zero-order valence-corrected chi connectivity index (χ0v) is 11.0. The third-order valence-electron chi connectivity index (χ3n) is 4.32. The standard InChI is InChI=1S/C15H16O3/c1-9-7-12(17)10(8-11(9)16)15(4)6-5-13(18)14(15,2)3/h5-8H,1-4H3/t15-/m1/s1. The van der Waals surface area contributed by atoms with Crippen molar-refractivity contribution in [1.29, 1.82) is 0 Å². The molecule has 2 rings (SSSR count). The number of rotatable bonds is 1. The third kappa shape index (κ3) is 1.47. The molecule has 3 nitrogen and oxygen atoms in total. The number of carbonyl (C=O) groups excluding carboxylic acids is 3. The van der Waals surface area contributed by atoms with Crippen molar-refractivity contribution in [2.75, 3.05) is 0 Å². The molecule has 0 aromatic heterocycles. The van der Waals surface area contributed by atoms with Crippen LogP contribution < -0.4 is 0 Å². The van der Waals surface area contributed by atoms with Gasteiger partial charge in [-0.15, -0.1) is 0 Å². The highest BCUT2D eigenvalue weighted by Gasteiger charge is 2.51. The molecule has 0 spiro atoms. The van der Waals surface area contributed by atoms with E-state index in [1.165, 1.54) is 18.2 Å². The van der Waals surface area contributed by atoms with Crippen molar-refractivity contribution in [3.05, 3.63) is 35.5 Å². The molecule has 0 aromatic rings. The van der Waals surface area contributed by atoms with Gasteiger partial charge in [0.25, 0.3) is 0 Å². The minimum atomic E-state index is -0.714. The molecule has 0 bridgehead atoms. The van der Waals surface area contributed by atoms with Crippen LogP contribution in [0.25, 0.3) is 0 Å². The fraction of sp³-hybridized carbons (Fsp3) is 0.400. The van der Waals surface area contributed by atoms with Gasteiger partial charge in [0.15, 0.2) is 17.3 Å². The summed E-state index contributed by atoms with van der Waals surface area (Å²) in [6.45, 7) is 7.06. The molecule has 0 aromatic carbocycles. The molecule has 94 valence electrons. The molecular formula is C15H16O3. The molecule has 0 radical (unpaired) electrons. The van der Waals surface area contributed by atoms with Crippen LogP contribution in [0.15, 0.2) is 35.5 Å². The first-order valence-corrected chi connectivity index (χ1v) is 5.93. The van der Waals surface area contributed by atoms with Crippen LogP contribution in [0.3, 0.4) is 0 Å². The van der Waals surface area contributed by atoms with Crippen LogP contribution in [-0.2, 0) is 14.4 Å². The molecule has 0 N–H and O–H groups in total. The first-order chi connectivity index (χ1) is 8.20. The van der Waals surface area contributed by atoms with Crippen molar-refractivity contribution in [1.82, 2.24) is 0 Å². The average Bonchev–Trinajstić information content (AvgIpc) is 2.48.